The molecular weight excluding hydrogens is 326 g/mol. The summed E-state index contributed by atoms with van der Waals surface area (Å²) in [7, 11) is 1.52. The maximum absolute atomic E-state index is 9.17. The first kappa shape index (κ1) is 16.2. The highest BCUT2D eigenvalue weighted by molar-refractivity contribution is 7.80. The predicted molar refractivity (Wildman–Crippen MR) is 92.7 cm³/mol. The zero-order chi connectivity index (χ0) is 16.9. The van der Waals surface area contributed by atoms with E-state index in [9.17, 15) is 0 Å². The van der Waals surface area contributed by atoms with Gasteiger partial charge in [0, 0.05) is 24.3 Å². The molecule has 3 rings (SSSR count). The van der Waals surface area contributed by atoms with Gasteiger partial charge in [-0.2, -0.15) is 0 Å². The molecule has 3 N–H and O–H groups in total. The molecule has 24 heavy (non-hydrogen) atoms. The van der Waals surface area contributed by atoms with Crippen LogP contribution in [-0.2, 0) is 11.3 Å². The van der Waals surface area contributed by atoms with Gasteiger partial charge in [0.15, 0.2) is 0 Å². The third-order valence-corrected chi connectivity index (χ3v) is 3.92. The number of hydrogen-bond donors (Lipinski definition) is 3. The third kappa shape index (κ3) is 3.44. The van der Waals surface area contributed by atoms with Crippen LogP contribution in [0, 0.1) is 0 Å². The summed E-state index contributed by atoms with van der Waals surface area (Å²) in [6.07, 6.45) is 5.51. The van der Waals surface area contributed by atoms with Crippen LogP contribution in [0.15, 0.2) is 48.9 Å². The number of thiocarbonyl (C=S) groups is 1. The number of aromatic amines is 1. The summed E-state index contributed by atoms with van der Waals surface area (Å²) in [5.74, 6) is 0. The van der Waals surface area contributed by atoms with Crippen molar-refractivity contribution < 1.29 is 9.84 Å². The average molecular weight is 343 g/mol. The summed E-state index contributed by atoms with van der Waals surface area (Å²) in [6, 6.07) is 9.56. The molecule has 0 spiro atoms. The Morgan fingerprint density at radius 2 is 2.17 bits per heavy atom. The van der Waals surface area contributed by atoms with E-state index >= 15 is 0 Å². The molecule has 0 aliphatic heterocycles. The number of ether oxygens (including phenoxy) is 1. The topological polar surface area (TPSA) is 88.0 Å². The molecule has 0 bridgehead atoms. The number of hydrogen-bond acceptors (Lipinski definition) is 5. The van der Waals surface area contributed by atoms with Crippen LogP contribution in [0.2, 0.25) is 0 Å². The maximum Gasteiger partial charge on any atom is 0.257 e. The molecule has 0 aliphatic rings. The van der Waals surface area contributed by atoms with Gasteiger partial charge in [-0.3, -0.25) is 5.10 Å². The second-order valence-electron chi connectivity index (χ2n) is 5.14. The lowest BCUT2D eigenvalue weighted by Gasteiger charge is -2.18. The Hall–Kier alpha value is -2.71. The molecule has 1 aromatic carbocycles. The van der Waals surface area contributed by atoms with E-state index < -0.39 is 0 Å². The van der Waals surface area contributed by atoms with Crippen LogP contribution in [0.4, 0.5) is 0 Å². The van der Waals surface area contributed by atoms with Crippen LogP contribution in [0.25, 0.3) is 5.69 Å². The van der Waals surface area contributed by atoms with Gasteiger partial charge in [0.25, 0.3) is 5.17 Å². The SMILES string of the molecule is COC(=S)NC(c1ccc(-n2ccc(CO)c2)cc1)c1c[nH]nn1. The molecule has 2 aromatic heterocycles. The first-order valence-corrected chi connectivity index (χ1v) is 7.71. The van der Waals surface area contributed by atoms with Gasteiger partial charge >= 0.3 is 0 Å². The van der Waals surface area contributed by atoms with Crippen molar-refractivity contribution in [1.82, 2.24) is 25.3 Å². The molecule has 124 valence electrons. The highest BCUT2D eigenvalue weighted by Gasteiger charge is 2.18. The van der Waals surface area contributed by atoms with E-state index in [1.54, 1.807) is 6.20 Å². The first-order valence-electron chi connectivity index (χ1n) is 7.30. The minimum Gasteiger partial charge on any atom is -0.474 e. The van der Waals surface area contributed by atoms with E-state index in [0.29, 0.717) is 5.69 Å². The van der Waals surface area contributed by atoms with Gasteiger partial charge in [-0.1, -0.05) is 17.3 Å². The van der Waals surface area contributed by atoms with Gasteiger partial charge in [-0.05, 0) is 41.5 Å². The number of aliphatic hydroxyl groups is 1. The van der Waals surface area contributed by atoms with Gasteiger partial charge in [-0.15, -0.1) is 5.10 Å². The molecule has 7 nitrogen and oxygen atoms in total. The number of aromatic nitrogens is 4. The van der Waals surface area contributed by atoms with Gasteiger partial charge < -0.3 is 19.7 Å². The minimum atomic E-state index is -0.261. The molecule has 0 saturated heterocycles. The Balaban J connectivity index is 1.87. The summed E-state index contributed by atoms with van der Waals surface area (Å²) < 4.78 is 6.99. The first-order chi connectivity index (χ1) is 11.7. The van der Waals surface area contributed by atoms with Crippen molar-refractivity contribution in [2.45, 2.75) is 12.6 Å². The zero-order valence-corrected chi connectivity index (χ0v) is 13.8. The van der Waals surface area contributed by atoms with Gasteiger partial charge in [0.2, 0.25) is 0 Å². The third-order valence-electron chi connectivity index (χ3n) is 3.64. The lowest BCUT2D eigenvalue weighted by molar-refractivity contribution is 0.282. The predicted octanol–water partition coefficient (Wildman–Crippen LogP) is 1.70. The molecule has 1 unspecified atom stereocenters. The van der Waals surface area contributed by atoms with E-state index in [2.05, 4.69) is 20.7 Å². The molecule has 0 aliphatic carbocycles. The summed E-state index contributed by atoms with van der Waals surface area (Å²) in [5.41, 5.74) is 3.55. The number of H-pyrrole nitrogens is 1. The van der Waals surface area contributed by atoms with E-state index in [1.807, 2.05) is 47.3 Å². The molecule has 2 heterocycles. The summed E-state index contributed by atoms with van der Waals surface area (Å²) in [6.45, 7) is 0.0255. The van der Waals surface area contributed by atoms with Crippen molar-refractivity contribution in [3.05, 3.63) is 65.7 Å². The maximum atomic E-state index is 9.17. The average Bonchev–Trinajstić information content (AvgIpc) is 3.31. The van der Waals surface area contributed by atoms with Crippen molar-refractivity contribution >= 4 is 17.4 Å². The Bertz CT molecular complexity index is 798. The Morgan fingerprint density at radius 1 is 1.38 bits per heavy atom. The smallest absolute Gasteiger partial charge is 0.257 e. The summed E-state index contributed by atoms with van der Waals surface area (Å²) >= 11 is 5.10. The Kier molecular flexibility index (Phi) is 4.88. The minimum absolute atomic E-state index is 0.0255. The van der Waals surface area contributed by atoms with Crippen LogP contribution in [0.5, 0.6) is 0 Å². The van der Waals surface area contributed by atoms with Crippen molar-refractivity contribution in [2.75, 3.05) is 7.11 Å². The number of benzene rings is 1. The van der Waals surface area contributed by atoms with Crippen molar-refractivity contribution in [3.8, 4) is 5.69 Å². The lowest BCUT2D eigenvalue weighted by atomic mass is 10.0. The molecule has 1 atom stereocenters. The quantitative estimate of drug-likeness (QED) is 0.611. The number of aliphatic hydroxyl groups excluding tert-OH is 1. The summed E-state index contributed by atoms with van der Waals surface area (Å²) in [4.78, 5) is 0. The number of methoxy groups -OCH3 is 1. The van der Waals surface area contributed by atoms with Crippen LogP contribution in [0.1, 0.15) is 22.9 Å². The molecule has 0 saturated carbocycles. The van der Waals surface area contributed by atoms with E-state index in [1.165, 1.54) is 7.11 Å². The highest BCUT2D eigenvalue weighted by Crippen LogP contribution is 2.22. The Morgan fingerprint density at radius 3 is 2.75 bits per heavy atom. The van der Waals surface area contributed by atoms with E-state index in [-0.39, 0.29) is 17.8 Å². The van der Waals surface area contributed by atoms with Crippen molar-refractivity contribution in [2.24, 2.45) is 0 Å². The van der Waals surface area contributed by atoms with Crippen LogP contribution in [-0.4, -0.2) is 37.4 Å². The van der Waals surface area contributed by atoms with E-state index in [4.69, 9.17) is 22.1 Å². The fraction of sp³-hybridized carbons (Fsp3) is 0.188. The monoisotopic (exact) mass is 343 g/mol. The lowest BCUT2D eigenvalue weighted by Crippen LogP contribution is -2.29. The standard InChI is InChI=1S/C16H17N5O2S/c1-23-16(24)18-15(14-8-17-20-19-14)12-2-4-13(5-3-12)21-7-6-11(9-21)10-22/h2-9,15,22H,10H2,1H3,(H,18,24)(H,17,19,20). The molecule has 0 amide bonds. The second kappa shape index (κ2) is 7.24. The molecule has 0 fully saturated rings. The molecular formula is C16H17N5O2S. The largest absolute Gasteiger partial charge is 0.474 e. The molecule has 3 aromatic rings. The van der Waals surface area contributed by atoms with Crippen LogP contribution >= 0.6 is 12.2 Å². The normalized spacial score (nSPS) is 11.9. The fourth-order valence-corrected chi connectivity index (χ4v) is 2.51. The zero-order valence-electron chi connectivity index (χ0n) is 13.0. The van der Waals surface area contributed by atoms with Crippen LogP contribution in [0.3, 0.4) is 0 Å². The van der Waals surface area contributed by atoms with Crippen molar-refractivity contribution in [3.63, 3.8) is 0 Å². The van der Waals surface area contributed by atoms with E-state index in [0.717, 1.165) is 16.8 Å². The second-order valence-corrected chi connectivity index (χ2v) is 5.51. The summed E-state index contributed by atoms with van der Waals surface area (Å²) in [5, 5.41) is 23.1. The van der Waals surface area contributed by atoms with Gasteiger partial charge in [0.1, 0.15) is 11.7 Å². The Labute approximate surface area is 144 Å². The van der Waals surface area contributed by atoms with Crippen molar-refractivity contribution in [1.29, 1.82) is 0 Å². The van der Waals surface area contributed by atoms with Gasteiger partial charge in [-0.25, -0.2) is 0 Å². The number of rotatable bonds is 5. The molecule has 0 radical (unpaired) electrons. The molecule has 8 heteroatoms. The van der Waals surface area contributed by atoms with Crippen LogP contribution < -0.4 is 5.32 Å². The fourth-order valence-electron chi connectivity index (χ4n) is 2.39. The number of nitrogens with zero attached hydrogens (tertiary/aromatic N) is 3. The number of nitrogens with one attached hydrogen (secondary N) is 2. The highest BCUT2D eigenvalue weighted by atomic mass is 32.1. The van der Waals surface area contributed by atoms with Gasteiger partial charge in [0.05, 0.1) is 13.7 Å².